The van der Waals surface area contributed by atoms with Gasteiger partial charge < -0.3 is 15.4 Å². The minimum absolute atomic E-state index is 0.305. The fourth-order valence-corrected chi connectivity index (χ4v) is 2.05. The normalized spacial score (nSPS) is 21.3. The van der Waals surface area contributed by atoms with Gasteiger partial charge in [0.2, 0.25) is 0 Å². The molecule has 1 rings (SSSR count). The average molecular weight is 215 g/mol. The van der Waals surface area contributed by atoms with Gasteiger partial charge >= 0.3 is 6.03 Å². The molecule has 0 aromatic rings. The Hall–Kier alpha value is -0.810. The number of likely N-dealkylation sites (tertiary alicyclic amines) is 1. The predicted octanol–water partition coefficient (Wildman–Crippen LogP) is 0.108. The summed E-state index contributed by atoms with van der Waals surface area (Å²) in [7, 11) is 1.71. The van der Waals surface area contributed by atoms with E-state index in [-0.39, 0.29) is 6.03 Å². The molecule has 1 aliphatic rings. The number of urea groups is 1. The molecular formula is C10H21N3O2. The van der Waals surface area contributed by atoms with E-state index in [4.69, 9.17) is 10.5 Å². The Morgan fingerprint density at radius 2 is 2.40 bits per heavy atom. The molecular weight excluding hydrogens is 194 g/mol. The summed E-state index contributed by atoms with van der Waals surface area (Å²) in [6.07, 6.45) is 1.01. The van der Waals surface area contributed by atoms with Crippen molar-refractivity contribution in [2.75, 3.05) is 39.9 Å². The van der Waals surface area contributed by atoms with Crippen molar-refractivity contribution in [1.29, 1.82) is 0 Å². The first-order chi connectivity index (χ1) is 7.19. The molecule has 1 heterocycles. The van der Waals surface area contributed by atoms with Gasteiger partial charge in [0.15, 0.2) is 0 Å². The van der Waals surface area contributed by atoms with Crippen LogP contribution in [0.2, 0.25) is 0 Å². The molecule has 5 heteroatoms. The lowest BCUT2D eigenvalue weighted by Gasteiger charge is -2.26. The fourth-order valence-electron chi connectivity index (χ4n) is 2.05. The molecule has 0 radical (unpaired) electrons. The van der Waals surface area contributed by atoms with Crippen molar-refractivity contribution in [1.82, 2.24) is 9.80 Å². The average Bonchev–Trinajstić information content (AvgIpc) is 2.68. The Bertz CT molecular complexity index is 211. The second-order valence-corrected chi connectivity index (χ2v) is 3.85. The van der Waals surface area contributed by atoms with Gasteiger partial charge in [-0.25, -0.2) is 4.79 Å². The second-order valence-electron chi connectivity index (χ2n) is 3.85. The summed E-state index contributed by atoms with van der Waals surface area (Å²) in [6.45, 7) is 6.31. The number of carbonyl (C=O) groups excluding carboxylic acids is 1. The van der Waals surface area contributed by atoms with Crippen molar-refractivity contribution in [3.8, 4) is 0 Å². The second kappa shape index (κ2) is 5.92. The molecule has 0 aromatic carbocycles. The van der Waals surface area contributed by atoms with Crippen molar-refractivity contribution in [3.63, 3.8) is 0 Å². The zero-order valence-corrected chi connectivity index (χ0v) is 9.61. The van der Waals surface area contributed by atoms with Crippen LogP contribution >= 0.6 is 0 Å². The van der Waals surface area contributed by atoms with Crippen molar-refractivity contribution < 1.29 is 9.53 Å². The largest absolute Gasteiger partial charge is 0.383 e. The summed E-state index contributed by atoms with van der Waals surface area (Å²) >= 11 is 0. The molecule has 1 unspecified atom stereocenters. The highest BCUT2D eigenvalue weighted by Gasteiger charge is 2.28. The van der Waals surface area contributed by atoms with Gasteiger partial charge in [-0.15, -0.1) is 0 Å². The number of rotatable bonds is 5. The predicted molar refractivity (Wildman–Crippen MR) is 58.7 cm³/mol. The number of methoxy groups -OCH3 is 1. The quantitative estimate of drug-likeness (QED) is 0.708. The smallest absolute Gasteiger partial charge is 0.314 e. The minimum Gasteiger partial charge on any atom is -0.383 e. The molecule has 0 bridgehead atoms. The number of hydrogen-bond donors (Lipinski definition) is 1. The standard InChI is InChI=1S/C10H21N3O2/c1-3-12(6-7-15-2)9-4-5-13(8-9)10(11)14/h9H,3-8H2,1-2H3,(H2,11,14). The Kier molecular flexibility index (Phi) is 4.84. The molecule has 2 amide bonds. The molecule has 88 valence electrons. The van der Waals surface area contributed by atoms with E-state index in [1.807, 2.05) is 0 Å². The van der Waals surface area contributed by atoms with E-state index in [9.17, 15) is 4.79 Å². The Morgan fingerprint density at radius 1 is 1.67 bits per heavy atom. The third kappa shape index (κ3) is 3.35. The van der Waals surface area contributed by atoms with Crippen LogP contribution in [0.5, 0.6) is 0 Å². The van der Waals surface area contributed by atoms with Crippen LogP contribution in [-0.2, 0) is 4.74 Å². The maximum Gasteiger partial charge on any atom is 0.314 e. The van der Waals surface area contributed by atoms with Crippen LogP contribution < -0.4 is 5.73 Å². The molecule has 0 saturated carbocycles. The number of likely N-dealkylation sites (N-methyl/N-ethyl adjacent to an activating group) is 1. The Balaban J connectivity index is 2.39. The maximum atomic E-state index is 11.0. The molecule has 2 N–H and O–H groups in total. The maximum absolute atomic E-state index is 11.0. The number of nitrogens with zero attached hydrogens (tertiary/aromatic N) is 2. The van der Waals surface area contributed by atoms with Gasteiger partial charge in [0.1, 0.15) is 0 Å². The number of nitrogens with two attached hydrogens (primary N) is 1. The summed E-state index contributed by atoms with van der Waals surface area (Å²) in [5, 5.41) is 0. The van der Waals surface area contributed by atoms with Gasteiger partial charge in [-0.3, -0.25) is 4.90 Å². The van der Waals surface area contributed by atoms with Gasteiger partial charge in [0.05, 0.1) is 6.61 Å². The van der Waals surface area contributed by atoms with Crippen LogP contribution in [0, 0.1) is 0 Å². The topological polar surface area (TPSA) is 58.8 Å². The van der Waals surface area contributed by atoms with Crippen LogP contribution in [0.3, 0.4) is 0 Å². The first kappa shape index (κ1) is 12.3. The van der Waals surface area contributed by atoms with Crippen molar-refractivity contribution in [3.05, 3.63) is 0 Å². The Labute approximate surface area is 91.2 Å². The Morgan fingerprint density at radius 3 is 2.87 bits per heavy atom. The number of primary amides is 1. The molecule has 15 heavy (non-hydrogen) atoms. The van der Waals surface area contributed by atoms with E-state index in [0.717, 1.165) is 39.2 Å². The van der Waals surface area contributed by atoms with Crippen molar-refractivity contribution in [2.45, 2.75) is 19.4 Å². The molecule has 1 saturated heterocycles. The van der Waals surface area contributed by atoms with Gasteiger partial charge in [-0.05, 0) is 13.0 Å². The van der Waals surface area contributed by atoms with Crippen LogP contribution in [0.25, 0.3) is 0 Å². The lowest BCUT2D eigenvalue weighted by Crippen LogP contribution is -2.41. The molecule has 1 fully saturated rings. The fraction of sp³-hybridized carbons (Fsp3) is 0.900. The van der Waals surface area contributed by atoms with Crippen LogP contribution in [-0.4, -0.2) is 61.8 Å². The molecule has 1 aliphatic heterocycles. The van der Waals surface area contributed by atoms with Crippen molar-refractivity contribution in [2.24, 2.45) is 5.73 Å². The zero-order chi connectivity index (χ0) is 11.3. The highest BCUT2D eigenvalue weighted by atomic mass is 16.5. The molecule has 0 aromatic heterocycles. The van der Waals surface area contributed by atoms with Crippen LogP contribution in [0.15, 0.2) is 0 Å². The van der Waals surface area contributed by atoms with Crippen LogP contribution in [0.1, 0.15) is 13.3 Å². The van der Waals surface area contributed by atoms with E-state index >= 15 is 0 Å². The summed E-state index contributed by atoms with van der Waals surface area (Å²) in [4.78, 5) is 15.0. The number of hydrogen-bond acceptors (Lipinski definition) is 3. The van der Waals surface area contributed by atoms with Gasteiger partial charge in [0, 0.05) is 32.8 Å². The molecule has 0 aliphatic carbocycles. The molecule has 5 nitrogen and oxygen atoms in total. The third-order valence-corrected chi connectivity index (χ3v) is 2.98. The van der Waals surface area contributed by atoms with Gasteiger partial charge in [0.25, 0.3) is 0 Å². The first-order valence-corrected chi connectivity index (χ1v) is 5.46. The summed E-state index contributed by atoms with van der Waals surface area (Å²) in [5.41, 5.74) is 5.25. The summed E-state index contributed by atoms with van der Waals surface area (Å²) in [5.74, 6) is 0. The monoisotopic (exact) mass is 215 g/mol. The van der Waals surface area contributed by atoms with E-state index in [1.165, 1.54) is 0 Å². The highest BCUT2D eigenvalue weighted by molar-refractivity contribution is 5.72. The number of ether oxygens (including phenoxy) is 1. The van der Waals surface area contributed by atoms with E-state index in [2.05, 4.69) is 11.8 Å². The third-order valence-electron chi connectivity index (χ3n) is 2.98. The highest BCUT2D eigenvalue weighted by Crippen LogP contribution is 2.14. The zero-order valence-electron chi connectivity index (χ0n) is 9.61. The van der Waals surface area contributed by atoms with Gasteiger partial charge in [-0.2, -0.15) is 0 Å². The minimum atomic E-state index is -0.305. The SMILES string of the molecule is CCN(CCOC)C1CCN(C(N)=O)C1. The van der Waals surface area contributed by atoms with E-state index < -0.39 is 0 Å². The summed E-state index contributed by atoms with van der Waals surface area (Å²) < 4.78 is 5.06. The summed E-state index contributed by atoms with van der Waals surface area (Å²) in [6, 6.07) is 0.137. The lowest BCUT2D eigenvalue weighted by atomic mass is 10.2. The van der Waals surface area contributed by atoms with E-state index in [0.29, 0.717) is 6.04 Å². The van der Waals surface area contributed by atoms with Crippen molar-refractivity contribution >= 4 is 6.03 Å². The first-order valence-electron chi connectivity index (χ1n) is 5.46. The molecule has 0 spiro atoms. The van der Waals surface area contributed by atoms with E-state index in [1.54, 1.807) is 12.0 Å². The lowest BCUT2D eigenvalue weighted by molar-refractivity contribution is 0.125. The number of amides is 2. The van der Waals surface area contributed by atoms with Gasteiger partial charge in [-0.1, -0.05) is 6.92 Å². The molecule has 1 atom stereocenters. The number of carbonyl (C=O) groups is 1. The van der Waals surface area contributed by atoms with Crippen LogP contribution in [0.4, 0.5) is 4.79 Å².